The van der Waals surface area contributed by atoms with Crippen LogP contribution in [0, 0.1) is 5.92 Å². The molecular weight excluding hydrogens is 384 g/mol. The molecule has 0 heterocycles. The van der Waals surface area contributed by atoms with E-state index in [2.05, 4.69) is 0 Å². The second-order valence-electron chi connectivity index (χ2n) is 6.06. The number of carboxylic acids is 2. The highest BCUT2D eigenvalue weighted by molar-refractivity contribution is 5.84. The van der Waals surface area contributed by atoms with Crippen molar-refractivity contribution in [2.24, 2.45) is 5.92 Å². The third-order valence-electron chi connectivity index (χ3n) is 3.96. The van der Waals surface area contributed by atoms with Crippen LogP contribution < -0.4 is 0 Å². The highest BCUT2D eigenvalue weighted by atomic mass is 16.6. The van der Waals surface area contributed by atoms with Crippen molar-refractivity contribution in [1.82, 2.24) is 0 Å². The van der Waals surface area contributed by atoms with Gasteiger partial charge in [0.2, 0.25) is 0 Å². The van der Waals surface area contributed by atoms with Crippen molar-refractivity contribution in [3.63, 3.8) is 0 Å². The first-order chi connectivity index (χ1) is 13.0. The predicted molar refractivity (Wildman–Crippen MR) is 88.8 cm³/mol. The van der Waals surface area contributed by atoms with E-state index in [1.807, 2.05) is 0 Å². The molecule has 0 aliphatic heterocycles. The molecule has 0 aromatic carbocycles. The Labute approximate surface area is 160 Å². The smallest absolute Gasteiger partial charge is 0.338 e. The minimum Gasteiger partial charge on any atom is -0.479 e. The van der Waals surface area contributed by atoms with Crippen LogP contribution in [-0.4, -0.2) is 91.6 Å². The van der Waals surface area contributed by atoms with Crippen LogP contribution >= 0.6 is 0 Å². The van der Waals surface area contributed by atoms with Crippen LogP contribution in [0.5, 0.6) is 0 Å². The average Bonchev–Trinajstić information content (AvgIpc) is 2.66. The average molecular weight is 410 g/mol. The fourth-order valence-electron chi connectivity index (χ4n) is 2.07. The third-order valence-corrected chi connectivity index (χ3v) is 3.96. The molecular formula is C16H26O12. The van der Waals surface area contributed by atoms with Crippen LogP contribution in [0.25, 0.3) is 0 Å². The van der Waals surface area contributed by atoms with Gasteiger partial charge < -0.3 is 40.1 Å². The number of carbonyl (C=O) groups is 4. The lowest BCUT2D eigenvalue weighted by atomic mass is 9.98. The molecule has 0 saturated heterocycles. The summed E-state index contributed by atoms with van der Waals surface area (Å²) in [5.41, 5.74) is 0. The van der Waals surface area contributed by atoms with E-state index in [0.29, 0.717) is 6.42 Å². The maximum Gasteiger partial charge on any atom is 0.338 e. The van der Waals surface area contributed by atoms with Gasteiger partial charge in [0.1, 0.15) is 6.10 Å². The third kappa shape index (κ3) is 8.17. The van der Waals surface area contributed by atoms with E-state index in [9.17, 15) is 29.4 Å². The maximum absolute atomic E-state index is 11.7. The Kier molecular flexibility index (Phi) is 11.2. The van der Waals surface area contributed by atoms with Crippen molar-refractivity contribution < 1.29 is 59.3 Å². The van der Waals surface area contributed by atoms with Gasteiger partial charge in [-0.3, -0.25) is 0 Å². The van der Waals surface area contributed by atoms with Gasteiger partial charge in [0, 0.05) is 0 Å². The summed E-state index contributed by atoms with van der Waals surface area (Å²) in [6.07, 6.45) is -9.15. The molecule has 0 saturated carbocycles. The lowest BCUT2D eigenvalue weighted by Gasteiger charge is -2.24. The van der Waals surface area contributed by atoms with Crippen LogP contribution in [0.4, 0.5) is 0 Å². The summed E-state index contributed by atoms with van der Waals surface area (Å²) >= 11 is 0. The fourth-order valence-corrected chi connectivity index (χ4v) is 2.07. The summed E-state index contributed by atoms with van der Waals surface area (Å²) in [5.74, 6) is -6.64. The quantitative estimate of drug-likeness (QED) is 0.180. The lowest BCUT2D eigenvalue weighted by molar-refractivity contribution is -0.175. The summed E-state index contributed by atoms with van der Waals surface area (Å²) in [4.78, 5) is 44.4. The minimum absolute atomic E-state index is 0.138. The topological polar surface area (TPSA) is 208 Å². The SMILES string of the molecule is CCC(COC(=O)C(O)C(O)C(=O)O)CC(CC)OC(=O)C(O)C(O)C(=O)O. The van der Waals surface area contributed by atoms with E-state index >= 15 is 0 Å². The molecule has 0 rings (SSSR count). The van der Waals surface area contributed by atoms with Crippen LogP contribution in [-0.2, 0) is 28.7 Å². The van der Waals surface area contributed by atoms with Crippen molar-refractivity contribution in [3.8, 4) is 0 Å². The van der Waals surface area contributed by atoms with Gasteiger partial charge >= 0.3 is 23.9 Å². The van der Waals surface area contributed by atoms with Crippen molar-refractivity contribution in [2.45, 2.75) is 63.6 Å². The Balaban J connectivity index is 4.72. The molecule has 12 nitrogen and oxygen atoms in total. The van der Waals surface area contributed by atoms with Crippen molar-refractivity contribution in [1.29, 1.82) is 0 Å². The molecule has 28 heavy (non-hydrogen) atoms. The number of esters is 2. The molecule has 0 fully saturated rings. The van der Waals surface area contributed by atoms with Crippen molar-refractivity contribution >= 4 is 23.9 Å². The van der Waals surface area contributed by atoms with Crippen LogP contribution in [0.15, 0.2) is 0 Å². The Morgan fingerprint density at radius 1 is 0.750 bits per heavy atom. The van der Waals surface area contributed by atoms with E-state index < -0.39 is 60.3 Å². The monoisotopic (exact) mass is 410 g/mol. The minimum atomic E-state index is -2.34. The van der Waals surface area contributed by atoms with Gasteiger partial charge in [-0.15, -0.1) is 0 Å². The van der Waals surface area contributed by atoms with Gasteiger partial charge in [0.15, 0.2) is 24.4 Å². The number of carboxylic acid groups (broad SMARTS) is 2. The van der Waals surface area contributed by atoms with Gasteiger partial charge in [-0.05, 0) is 25.2 Å². The summed E-state index contributed by atoms with van der Waals surface area (Å²) in [6, 6.07) is 0. The molecule has 12 heteroatoms. The Bertz CT molecular complexity index is 548. The first-order valence-corrected chi connectivity index (χ1v) is 8.51. The Morgan fingerprint density at radius 3 is 1.61 bits per heavy atom. The van der Waals surface area contributed by atoms with Crippen molar-refractivity contribution in [3.05, 3.63) is 0 Å². The van der Waals surface area contributed by atoms with E-state index in [1.165, 1.54) is 0 Å². The molecule has 6 unspecified atom stereocenters. The predicted octanol–water partition coefficient (Wildman–Crippen LogP) is -2.12. The molecule has 0 spiro atoms. The van der Waals surface area contributed by atoms with Gasteiger partial charge in [0.05, 0.1) is 6.61 Å². The molecule has 6 atom stereocenters. The standard InChI is InChI=1S/C16H26O12/c1-3-7(6-27-15(25)11(19)9(17)13(21)22)5-8(4-2)28-16(26)12(20)10(18)14(23)24/h7-12,17-20H,3-6H2,1-2H3,(H,21,22)(H,23,24). The number of ether oxygens (including phenoxy) is 2. The number of aliphatic hydroxyl groups is 4. The summed E-state index contributed by atoms with van der Waals surface area (Å²) < 4.78 is 9.74. The zero-order chi connectivity index (χ0) is 22.0. The van der Waals surface area contributed by atoms with Crippen molar-refractivity contribution in [2.75, 3.05) is 6.61 Å². The van der Waals surface area contributed by atoms with E-state index in [1.54, 1.807) is 13.8 Å². The molecule has 0 radical (unpaired) electrons. The number of aliphatic carboxylic acids is 2. The first-order valence-electron chi connectivity index (χ1n) is 8.51. The molecule has 6 N–H and O–H groups in total. The summed E-state index contributed by atoms with van der Waals surface area (Å²) in [7, 11) is 0. The van der Waals surface area contributed by atoms with Crippen LogP contribution in [0.3, 0.4) is 0 Å². The van der Waals surface area contributed by atoms with Gasteiger partial charge in [-0.25, -0.2) is 19.2 Å². The molecule has 0 amide bonds. The number of carbonyl (C=O) groups excluding carboxylic acids is 2. The number of rotatable bonds is 13. The zero-order valence-corrected chi connectivity index (χ0v) is 15.4. The van der Waals surface area contributed by atoms with Gasteiger partial charge in [-0.2, -0.15) is 0 Å². The summed E-state index contributed by atoms with van der Waals surface area (Å²) in [5, 5.41) is 54.2. The zero-order valence-electron chi connectivity index (χ0n) is 15.4. The normalized spacial score (nSPS) is 17.5. The fraction of sp³-hybridized carbons (Fsp3) is 0.750. The number of aliphatic hydroxyl groups excluding tert-OH is 4. The Hall–Kier alpha value is -2.28. The lowest BCUT2D eigenvalue weighted by Crippen LogP contribution is -2.42. The van der Waals surface area contributed by atoms with Gasteiger partial charge in [0.25, 0.3) is 0 Å². The Morgan fingerprint density at radius 2 is 1.21 bits per heavy atom. The number of hydrogen-bond donors (Lipinski definition) is 6. The molecule has 0 aromatic rings. The number of hydrogen-bond acceptors (Lipinski definition) is 10. The molecule has 0 bridgehead atoms. The van der Waals surface area contributed by atoms with E-state index in [0.717, 1.165) is 0 Å². The maximum atomic E-state index is 11.7. The highest BCUT2D eigenvalue weighted by Crippen LogP contribution is 2.18. The molecule has 0 aliphatic carbocycles. The second kappa shape index (κ2) is 12.2. The van der Waals surface area contributed by atoms with E-state index in [4.69, 9.17) is 29.9 Å². The van der Waals surface area contributed by atoms with Crippen LogP contribution in [0.1, 0.15) is 33.1 Å². The highest BCUT2D eigenvalue weighted by Gasteiger charge is 2.34. The molecule has 162 valence electrons. The largest absolute Gasteiger partial charge is 0.479 e. The second-order valence-corrected chi connectivity index (χ2v) is 6.06. The first kappa shape index (κ1) is 25.7. The van der Waals surface area contributed by atoms with Crippen LogP contribution in [0.2, 0.25) is 0 Å². The summed E-state index contributed by atoms with van der Waals surface area (Å²) in [6.45, 7) is 3.09. The molecule has 0 aromatic heterocycles. The van der Waals surface area contributed by atoms with Gasteiger partial charge in [-0.1, -0.05) is 13.8 Å². The van der Waals surface area contributed by atoms with E-state index in [-0.39, 0.29) is 19.4 Å². The molecule has 0 aliphatic rings.